The van der Waals surface area contributed by atoms with E-state index in [2.05, 4.69) is 5.32 Å². The maximum Gasteiger partial charge on any atom is 0.308 e. The standard InChI is InChI=1S/C30H34ClFN2O5/c1-38-25-12-10-21(32)17-23(25)20-9-11-22(24(31)16-20)27(35)33-30-13-3-4-26(30)34(15-14-30)28(36)18-5-7-19(8-6-18)29(37)39-2/h9-12,16-19,26H,3-8,13-15H2,1-2H3,(H,33,35)/t18?,19?,26-,30+/m0/s1. The summed E-state index contributed by atoms with van der Waals surface area (Å²) >= 11 is 6.57. The van der Waals surface area contributed by atoms with Crippen LogP contribution in [0.1, 0.15) is 61.7 Å². The first-order valence-corrected chi connectivity index (χ1v) is 14.0. The lowest BCUT2D eigenvalue weighted by atomic mass is 9.81. The van der Waals surface area contributed by atoms with Gasteiger partial charge in [0.25, 0.3) is 5.91 Å². The van der Waals surface area contributed by atoms with E-state index in [0.29, 0.717) is 61.1 Å². The van der Waals surface area contributed by atoms with E-state index in [9.17, 15) is 18.8 Å². The van der Waals surface area contributed by atoms with Crippen LogP contribution in [0.4, 0.5) is 4.39 Å². The molecule has 2 amide bonds. The molecule has 1 aliphatic heterocycles. The Morgan fingerprint density at radius 2 is 1.74 bits per heavy atom. The molecular formula is C30H34ClFN2O5. The zero-order chi connectivity index (χ0) is 27.7. The maximum atomic E-state index is 13.9. The van der Waals surface area contributed by atoms with E-state index >= 15 is 0 Å². The Hall–Kier alpha value is -3.13. The van der Waals surface area contributed by atoms with Crippen LogP contribution in [-0.4, -0.2) is 55.0 Å². The van der Waals surface area contributed by atoms with Crippen molar-refractivity contribution in [3.8, 4) is 16.9 Å². The molecule has 208 valence electrons. The lowest BCUT2D eigenvalue weighted by Crippen LogP contribution is -2.55. The summed E-state index contributed by atoms with van der Waals surface area (Å²) in [6.07, 6.45) is 5.96. The van der Waals surface area contributed by atoms with E-state index in [1.165, 1.54) is 26.4 Å². The zero-order valence-corrected chi connectivity index (χ0v) is 23.1. The summed E-state index contributed by atoms with van der Waals surface area (Å²) in [5, 5.41) is 3.52. The Balaban J connectivity index is 1.28. The van der Waals surface area contributed by atoms with Crippen molar-refractivity contribution in [3.63, 3.8) is 0 Å². The highest BCUT2D eigenvalue weighted by molar-refractivity contribution is 6.34. The number of benzene rings is 2. The fourth-order valence-electron chi connectivity index (χ4n) is 6.79. The number of nitrogens with zero attached hydrogens (tertiary/aromatic N) is 1. The fraction of sp³-hybridized carbons (Fsp3) is 0.500. The van der Waals surface area contributed by atoms with Gasteiger partial charge in [0.15, 0.2) is 0 Å². The van der Waals surface area contributed by atoms with Crippen LogP contribution >= 0.6 is 11.6 Å². The van der Waals surface area contributed by atoms with E-state index in [-0.39, 0.29) is 40.7 Å². The Kier molecular flexibility index (Phi) is 7.85. The van der Waals surface area contributed by atoms with Crippen LogP contribution in [-0.2, 0) is 14.3 Å². The second kappa shape index (κ2) is 11.2. The topological polar surface area (TPSA) is 84.9 Å². The monoisotopic (exact) mass is 556 g/mol. The van der Waals surface area contributed by atoms with Crippen molar-refractivity contribution >= 4 is 29.4 Å². The summed E-state index contributed by atoms with van der Waals surface area (Å²) in [5.41, 5.74) is 1.04. The molecule has 2 aromatic rings. The van der Waals surface area contributed by atoms with E-state index in [1.807, 2.05) is 4.90 Å². The van der Waals surface area contributed by atoms with Crippen molar-refractivity contribution in [2.75, 3.05) is 20.8 Å². The first-order valence-electron chi connectivity index (χ1n) is 13.6. The predicted octanol–water partition coefficient (Wildman–Crippen LogP) is 5.39. The van der Waals surface area contributed by atoms with Gasteiger partial charge in [-0.1, -0.05) is 17.7 Å². The number of methoxy groups -OCH3 is 2. The molecule has 1 N–H and O–H groups in total. The van der Waals surface area contributed by atoms with Gasteiger partial charge in [0.2, 0.25) is 5.91 Å². The number of esters is 1. The summed E-state index contributed by atoms with van der Waals surface area (Å²) in [4.78, 5) is 40.8. The molecule has 2 atom stereocenters. The van der Waals surface area contributed by atoms with Gasteiger partial charge in [-0.05, 0) is 87.3 Å². The SMILES string of the molecule is COC(=O)C1CCC(C(=O)N2CC[C@]3(NC(=O)c4ccc(-c5cc(F)ccc5OC)cc4Cl)CCC[C@H]23)CC1. The molecule has 3 fully saturated rings. The number of hydrogen-bond acceptors (Lipinski definition) is 5. The Morgan fingerprint density at radius 1 is 1.00 bits per heavy atom. The molecule has 3 aliphatic rings. The molecule has 2 aromatic carbocycles. The van der Waals surface area contributed by atoms with Crippen molar-refractivity contribution in [1.82, 2.24) is 10.2 Å². The van der Waals surface area contributed by atoms with Gasteiger partial charge in [-0.15, -0.1) is 0 Å². The number of likely N-dealkylation sites (tertiary alicyclic amines) is 1. The first-order chi connectivity index (χ1) is 18.8. The van der Waals surface area contributed by atoms with Crippen molar-refractivity contribution in [3.05, 3.63) is 52.8 Å². The van der Waals surface area contributed by atoms with Crippen LogP contribution in [0.5, 0.6) is 5.75 Å². The third-order valence-corrected chi connectivity index (χ3v) is 9.17. The molecule has 0 radical (unpaired) electrons. The van der Waals surface area contributed by atoms with Crippen molar-refractivity contribution in [2.24, 2.45) is 11.8 Å². The Labute approximate surface area is 233 Å². The summed E-state index contributed by atoms with van der Waals surface area (Å²) < 4.78 is 24.1. The van der Waals surface area contributed by atoms with Gasteiger partial charge in [0.05, 0.1) is 42.3 Å². The number of fused-ring (bicyclic) bond motifs is 1. The largest absolute Gasteiger partial charge is 0.496 e. The quantitative estimate of drug-likeness (QED) is 0.482. The number of hydrogen-bond donors (Lipinski definition) is 1. The van der Waals surface area contributed by atoms with E-state index in [1.54, 1.807) is 24.3 Å². The third kappa shape index (κ3) is 5.23. The Bertz CT molecular complexity index is 1280. The minimum atomic E-state index is -0.482. The third-order valence-electron chi connectivity index (χ3n) is 8.86. The van der Waals surface area contributed by atoms with Crippen LogP contribution < -0.4 is 10.1 Å². The number of carbonyl (C=O) groups is 3. The minimum Gasteiger partial charge on any atom is -0.496 e. The van der Waals surface area contributed by atoms with Gasteiger partial charge in [-0.3, -0.25) is 14.4 Å². The number of rotatable bonds is 6. The van der Waals surface area contributed by atoms with Crippen molar-refractivity contribution in [1.29, 1.82) is 0 Å². The number of halogens is 2. The first kappa shape index (κ1) is 27.4. The molecule has 9 heteroatoms. The highest BCUT2D eigenvalue weighted by Gasteiger charge is 2.53. The number of amides is 2. The van der Waals surface area contributed by atoms with Crippen LogP contribution in [0.15, 0.2) is 36.4 Å². The molecular weight excluding hydrogens is 523 g/mol. The predicted molar refractivity (Wildman–Crippen MR) is 145 cm³/mol. The zero-order valence-electron chi connectivity index (χ0n) is 22.3. The molecule has 39 heavy (non-hydrogen) atoms. The number of ether oxygens (including phenoxy) is 2. The van der Waals surface area contributed by atoms with Crippen LogP contribution in [0.25, 0.3) is 11.1 Å². The molecule has 2 saturated carbocycles. The number of nitrogens with one attached hydrogen (secondary N) is 1. The van der Waals surface area contributed by atoms with Gasteiger partial charge < -0.3 is 19.7 Å². The molecule has 7 nitrogen and oxygen atoms in total. The maximum absolute atomic E-state index is 13.9. The molecule has 1 saturated heterocycles. The molecule has 1 heterocycles. The Morgan fingerprint density at radius 3 is 2.44 bits per heavy atom. The van der Waals surface area contributed by atoms with Gasteiger partial charge in [-0.25, -0.2) is 4.39 Å². The van der Waals surface area contributed by atoms with Gasteiger partial charge in [0.1, 0.15) is 11.6 Å². The normalized spacial score (nSPS) is 26.2. The second-order valence-electron chi connectivity index (χ2n) is 10.9. The molecule has 0 aromatic heterocycles. The van der Waals surface area contributed by atoms with E-state index in [4.69, 9.17) is 21.1 Å². The van der Waals surface area contributed by atoms with Gasteiger partial charge in [-0.2, -0.15) is 0 Å². The summed E-state index contributed by atoms with van der Waals surface area (Å²) in [5.74, 6) is -0.453. The van der Waals surface area contributed by atoms with Crippen LogP contribution in [0.2, 0.25) is 5.02 Å². The van der Waals surface area contributed by atoms with Crippen LogP contribution in [0.3, 0.4) is 0 Å². The summed E-state index contributed by atoms with van der Waals surface area (Å²) in [6.45, 7) is 0.604. The van der Waals surface area contributed by atoms with E-state index in [0.717, 1.165) is 19.3 Å². The second-order valence-corrected chi connectivity index (χ2v) is 11.3. The number of carbonyl (C=O) groups excluding carboxylic acids is 3. The molecule has 2 aliphatic carbocycles. The smallest absolute Gasteiger partial charge is 0.308 e. The fourth-order valence-corrected chi connectivity index (χ4v) is 7.06. The van der Waals surface area contributed by atoms with Crippen molar-refractivity contribution < 1.29 is 28.2 Å². The lowest BCUT2D eigenvalue weighted by Gasteiger charge is -2.36. The van der Waals surface area contributed by atoms with Gasteiger partial charge >= 0.3 is 5.97 Å². The van der Waals surface area contributed by atoms with Crippen molar-refractivity contribution in [2.45, 2.75) is 62.9 Å². The minimum absolute atomic E-state index is 0.0538. The molecule has 0 bridgehead atoms. The average molecular weight is 557 g/mol. The lowest BCUT2D eigenvalue weighted by molar-refractivity contribution is -0.148. The summed E-state index contributed by atoms with van der Waals surface area (Å²) in [6, 6.07) is 9.22. The highest BCUT2D eigenvalue weighted by Crippen LogP contribution is 2.44. The van der Waals surface area contributed by atoms with Gasteiger partial charge in [0, 0.05) is 18.0 Å². The summed E-state index contributed by atoms with van der Waals surface area (Å²) in [7, 11) is 2.92. The highest BCUT2D eigenvalue weighted by atomic mass is 35.5. The van der Waals surface area contributed by atoms with Crippen LogP contribution in [0, 0.1) is 17.7 Å². The van der Waals surface area contributed by atoms with E-state index < -0.39 is 11.4 Å². The average Bonchev–Trinajstić information content (AvgIpc) is 3.50. The molecule has 0 spiro atoms. The molecule has 5 rings (SSSR count). The molecule has 0 unspecified atom stereocenters.